The van der Waals surface area contributed by atoms with Crippen LogP contribution in [0.4, 0.5) is 11.6 Å². The molecule has 140 valence electrons. The molecule has 0 bridgehead atoms. The predicted octanol–water partition coefficient (Wildman–Crippen LogP) is 3.30. The predicted molar refractivity (Wildman–Crippen MR) is 105 cm³/mol. The number of methoxy groups -OCH3 is 2. The van der Waals surface area contributed by atoms with E-state index in [9.17, 15) is 4.79 Å². The van der Waals surface area contributed by atoms with Gasteiger partial charge in [-0.25, -0.2) is 4.98 Å². The minimum Gasteiger partial charge on any atom is -0.493 e. The number of ketones is 1. The number of nitrogens with two attached hydrogens (primary N) is 1. The molecule has 1 unspecified atom stereocenters. The lowest BCUT2D eigenvalue weighted by Crippen LogP contribution is -2.28. The second-order valence-electron chi connectivity index (χ2n) is 6.56. The molecule has 2 heterocycles. The highest BCUT2D eigenvalue weighted by Gasteiger charge is 2.37. The van der Waals surface area contributed by atoms with Crippen LogP contribution in [0, 0.1) is 4.77 Å². The van der Waals surface area contributed by atoms with E-state index < -0.39 is 0 Å². The fourth-order valence-corrected chi connectivity index (χ4v) is 4.07. The molecule has 0 fully saturated rings. The van der Waals surface area contributed by atoms with E-state index in [0.29, 0.717) is 34.3 Å². The summed E-state index contributed by atoms with van der Waals surface area (Å²) < 4.78 is 11.1. The molecular weight excluding hydrogens is 364 g/mol. The van der Waals surface area contributed by atoms with Crippen molar-refractivity contribution in [2.75, 3.05) is 25.3 Å². The van der Waals surface area contributed by atoms with E-state index in [-0.39, 0.29) is 11.7 Å². The molecule has 0 radical (unpaired) electrons. The van der Waals surface area contributed by atoms with Gasteiger partial charge in [-0.3, -0.25) is 4.79 Å². The van der Waals surface area contributed by atoms with Crippen molar-refractivity contribution in [3.05, 3.63) is 45.4 Å². The Morgan fingerprint density at radius 3 is 2.74 bits per heavy atom. The Morgan fingerprint density at radius 1 is 1.22 bits per heavy atom. The zero-order chi connectivity index (χ0) is 19.1. The summed E-state index contributed by atoms with van der Waals surface area (Å²) in [5.74, 6) is 2.00. The summed E-state index contributed by atoms with van der Waals surface area (Å²) in [5, 5.41) is 3.29. The maximum Gasteiger partial charge on any atom is 0.200 e. The van der Waals surface area contributed by atoms with E-state index in [4.69, 9.17) is 27.4 Å². The van der Waals surface area contributed by atoms with E-state index in [1.807, 2.05) is 18.2 Å². The number of fused-ring (bicyclic) bond motifs is 1. The third kappa shape index (κ3) is 2.86. The Balaban J connectivity index is 1.98. The number of ether oxygens (including phenoxy) is 2. The van der Waals surface area contributed by atoms with Crippen molar-refractivity contribution in [1.29, 1.82) is 0 Å². The number of hydrogen-bond donors (Lipinski definition) is 3. The average Bonchev–Trinajstić information content (AvgIpc) is 2.65. The standard InChI is InChI=1S/C19H20N4O3S/c1-25-12-7-6-9(8-13(12)26-2)14-15-10(4-3-5-11(15)24)21-18-16(14)17(20)22-19(27)23-18/h6-8,14H,3-5H2,1-2H3,(H4,20,21,22,23,27). The summed E-state index contributed by atoms with van der Waals surface area (Å²) in [6, 6.07) is 5.64. The van der Waals surface area contributed by atoms with Gasteiger partial charge in [0.05, 0.1) is 14.2 Å². The van der Waals surface area contributed by atoms with Crippen LogP contribution in [-0.2, 0) is 4.79 Å². The zero-order valence-corrected chi connectivity index (χ0v) is 15.9. The number of carbonyl (C=O) groups is 1. The molecule has 27 heavy (non-hydrogen) atoms. The van der Waals surface area contributed by atoms with E-state index in [2.05, 4.69) is 15.3 Å². The number of nitrogen functional groups attached to an aromatic ring is 1. The van der Waals surface area contributed by atoms with E-state index in [1.54, 1.807) is 14.2 Å². The van der Waals surface area contributed by atoms with Crippen LogP contribution in [0.5, 0.6) is 11.5 Å². The zero-order valence-electron chi connectivity index (χ0n) is 15.1. The number of allylic oxidation sites excluding steroid dienone is 2. The van der Waals surface area contributed by atoms with Gasteiger partial charge in [-0.05, 0) is 42.8 Å². The Hall–Kier alpha value is -2.87. The van der Waals surface area contributed by atoms with E-state index in [1.165, 1.54) is 0 Å². The fourth-order valence-electron chi connectivity index (χ4n) is 3.87. The van der Waals surface area contributed by atoms with Gasteiger partial charge in [0.1, 0.15) is 11.6 Å². The third-order valence-electron chi connectivity index (χ3n) is 5.04. The number of nitrogens with one attached hydrogen (secondary N) is 2. The first-order valence-electron chi connectivity index (χ1n) is 8.68. The first kappa shape index (κ1) is 17.5. The number of anilines is 2. The molecule has 0 spiro atoms. The maximum atomic E-state index is 12.8. The molecule has 0 saturated heterocycles. The highest BCUT2D eigenvalue weighted by Crippen LogP contribution is 2.47. The molecule has 1 aliphatic carbocycles. The van der Waals surface area contributed by atoms with Gasteiger partial charge in [0.2, 0.25) is 0 Å². The van der Waals surface area contributed by atoms with Gasteiger partial charge < -0.3 is 25.5 Å². The Labute approximate surface area is 161 Å². The summed E-state index contributed by atoms with van der Waals surface area (Å²) in [7, 11) is 3.17. The molecular formula is C19H20N4O3S. The highest BCUT2D eigenvalue weighted by molar-refractivity contribution is 7.71. The number of nitrogens with zero attached hydrogens (tertiary/aromatic N) is 1. The van der Waals surface area contributed by atoms with Crippen molar-refractivity contribution in [2.24, 2.45) is 0 Å². The van der Waals surface area contributed by atoms with Gasteiger partial charge >= 0.3 is 0 Å². The van der Waals surface area contributed by atoms with Gasteiger partial charge in [-0.1, -0.05) is 6.07 Å². The summed E-state index contributed by atoms with van der Waals surface area (Å²) in [6.45, 7) is 0. The Bertz CT molecular complexity index is 1030. The first-order valence-corrected chi connectivity index (χ1v) is 9.09. The van der Waals surface area contributed by atoms with Crippen molar-refractivity contribution >= 4 is 29.6 Å². The topological polar surface area (TPSA) is 102 Å². The van der Waals surface area contributed by atoms with Gasteiger partial charge in [-0.15, -0.1) is 0 Å². The molecule has 1 atom stereocenters. The van der Waals surface area contributed by atoms with Crippen LogP contribution in [0.1, 0.15) is 36.3 Å². The Morgan fingerprint density at radius 2 is 2.00 bits per heavy atom. The van der Waals surface area contributed by atoms with Gasteiger partial charge in [0.15, 0.2) is 22.1 Å². The second-order valence-corrected chi connectivity index (χ2v) is 6.95. The van der Waals surface area contributed by atoms with Crippen LogP contribution < -0.4 is 20.5 Å². The maximum absolute atomic E-state index is 12.8. The average molecular weight is 384 g/mol. The largest absolute Gasteiger partial charge is 0.493 e. The van der Waals surface area contributed by atoms with Gasteiger partial charge in [0, 0.05) is 29.2 Å². The number of Topliss-reactive ketones (excluding diaryl/α,β-unsaturated/α-hetero) is 1. The molecule has 4 rings (SSSR count). The number of benzene rings is 1. The number of H-pyrrole nitrogens is 1. The number of rotatable bonds is 3. The van der Waals surface area contributed by atoms with Crippen LogP contribution in [0.2, 0.25) is 0 Å². The molecule has 2 aromatic rings. The van der Waals surface area contributed by atoms with Crippen molar-refractivity contribution < 1.29 is 14.3 Å². The van der Waals surface area contributed by atoms with E-state index in [0.717, 1.165) is 35.2 Å². The fraction of sp³-hybridized carbons (Fsp3) is 0.316. The summed E-state index contributed by atoms with van der Waals surface area (Å²) in [6.07, 6.45) is 2.13. The lowest BCUT2D eigenvalue weighted by Gasteiger charge is -2.34. The van der Waals surface area contributed by atoms with Crippen LogP contribution in [-0.4, -0.2) is 30.0 Å². The number of carbonyl (C=O) groups excluding carboxylic acids is 1. The molecule has 1 aromatic heterocycles. The monoisotopic (exact) mass is 384 g/mol. The first-order chi connectivity index (χ1) is 13.0. The molecule has 2 aliphatic rings. The number of hydrogen-bond acceptors (Lipinski definition) is 7. The lowest BCUT2D eigenvalue weighted by atomic mass is 9.76. The molecule has 4 N–H and O–H groups in total. The van der Waals surface area contributed by atoms with Crippen molar-refractivity contribution in [1.82, 2.24) is 9.97 Å². The molecule has 8 heteroatoms. The number of aromatic nitrogens is 2. The van der Waals surface area contributed by atoms with Gasteiger partial charge in [0.25, 0.3) is 0 Å². The van der Waals surface area contributed by atoms with Crippen LogP contribution in [0.25, 0.3) is 0 Å². The highest BCUT2D eigenvalue weighted by atomic mass is 32.1. The minimum absolute atomic E-state index is 0.121. The second kappa shape index (κ2) is 6.70. The molecule has 1 aliphatic heterocycles. The number of aromatic amines is 1. The summed E-state index contributed by atoms with van der Waals surface area (Å²) >= 11 is 5.18. The summed E-state index contributed by atoms with van der Waals surface area (Å²) in [5.41, 5.74) is 9.52. The minimum atomic E-state index is -0.344. The quantitative estimate of drug-likeness (QED) is 0.698. The van der Waals surface area contributed by atoms with Crippen molar-refractivity contribution in [3.8, 4) is 11.5 Å². The third-order valence-corrected chi connectivity index (χ3v) is 5.24. The lowest BCUT2D eigenvalue weighted by molar-refractivity contribution is -0.116. The van der Waals surface area contributed by atoms with Crippen molar-refractivity contribution in [3.63, 3.8) is 0 Å². The van der Waals surface area contributed by atoms with Crippen LogP contribution >= 0.6 is 12.2 Å². The van der Waals surface area contributed by atoms with Gasteiger partial charge in [-0.2, -0.15) is 0 Å². The van der Waals surface area contributed by atoms with Crippen molar-refractivity contribution in [2.45, 2.75) is 25.2 Å². The summed E-state index contributed by atoms with van der Waals surface area (Å²) in [4.78, 5) is 20.2. The van der Waals surface area contributed by atoms with Crippen LogP contribution in [0.15, 0.2) is 29.5 Å². The smallest absolute Gasteiger partial charge is 0.200 e. The molecule has 7 nitrogen and oxygen atoms in total. The van der Waals surface area contributed by atoms with Crippen LogP contribution in [0.3, 0.4) is 0 Å². The molecule has 1 aromatic carbocycles. The molecule has 0 saturated carbocycles. The normalized spacial score (nSPS) is 18.4. The SMILES string of the molecule is COc1ccc(C2C3=C(CCCC3=O)Nc3nc(=S)[nH]c(N)c32)cc1OC. The molecule has 0 amide bonds. The Kier molecular flexibility index (Phi) is 4.35. The van der Waals surface area contributed by atoms with E-state index >= 15 is 0 Å².